The van der Waals surface area contributed by atoms with Crippen LogP contribution in [0, 0.1) is 0 Å². The van der Waals surface area contributed by atoms with E-state index in [-0.39, 0.29) is 11.7 Å². The van der Waals surface area contributed by atoms with Gasteiger partial charge in [-0.1, -0.05) is 30.3 Å². The Bertz CT molecular complexity index is 1310. The molecule has 0 bridgehead atoms. The van der Waals surface area contributed by atoms with E-state index in [1.165, 1.54) is 11.8 Å². The Morgan fingerprint density at radius 2 is 1.86 bits per heavy atom. The predicted molar refractivity (Wildman–Crippen MR) is 111 cm³/mol. The molecular weight excluding hydrogens is 364 g/mol. The van der Waals surface area contributed by atoms with E-state index in [9.17, 15) is 9.59 Å². The van der Waals surface area contributed by atoms with Crippen LogP contribution in [0.1, 0.15) is 23.0 Å². The minimum atomic E-state index is -0.217. The lowest BCUT2D eigenvalue weighted by molar-refractivity contribution is -0.116. The number of hydrogen-bond acceptors (Lipinski definition) is 4. The van der Waals surface area contributed by atoms with E-state index in [4.69, 9.17) is 4.98 Å². The largest absolute Gasteiger partial charge is 0.287 e. The molecule has 0 radical (unpaired) electrons. The number of benzene rings is 2. The molecule has 1 N–H and O–H groups in total. The van der Waals surface area contributed by atoms with Gasteiger partial charge in [-0.05, 0) is 35.9 Å². The summed E-state index contributed by atoms with van der Waals surface area (Å²) in [5.74, 6) is -0.402. The quantitative estimate of drug-likeness (QED) is 0.528. The van der Waals surface area contributed by atoms with Gasteiger partial charge in [0, 0.05) is 29.6 Å². The third-order valence-electron chi connectivity index (χ3n) is 5.01. The molecule has 140 valence electrons. The van der Waals surface area contributed by atoms with Gasteiger partial charge in [-0.15, -0.1) is 0 Å². The fourth-order valence-corrected chi connectivity index (χ4v) is 3.75. The molecule has 2 aromatic carbocycles. The van der Waals surface area contributed by atoms with Gasteiger partial charge in [0.1, 0.15) is 0 Å². The number of fused-ring (bicyclic) bond motifs is 2. The first-order chi connectivity index (χ1) is 14.1. The van der Waals surface area contributed by atoms with Gasteiger partial charge in [0.15, 0.2) is 0 Å². The van der Waals surface area contributed by atoms with E-state index in [2.05, 4.69) is 10.2 Å². The van der Waals surface area contributed by atoms with Gasteiger partial charge >= 0.3 is 0 Å². The summed E-state index contributed by atoms with van der Waals surface area (Å²) in [5, 5.41) is 7.87. The van der Waals surface area contributed by atoms with Crippen LogP contribution in [0.4, 0.5) is 5.69 Å². The fourth-order valence-electron chi connectivity index (χ4n) is 3.75. The number of ketones is 1. The Morgan fingerprint density at radius 1 is 1.07 bits per heavy atom. The van der Waals surface area contributed by atoms with Crippen LogP contribution in [-0.4, -0.2) is 26.9 Å². The van der Waals surface area contributed by atoms with Crippen LogP contribution in [0.15, 0.2) is 72.7 Å². The first-order valence-corrected chi connectivity index (χ1v) is 9.18. The zero-order valence-electron chi connectivity index (χ0n) is 15.6. The van der Waals surface area contributed by atoms with Crippen LogP contribution >= 0.6 is 0 Å². The highest BCUT2D eigenvalue weighted by Crippen LogP contribution is 2.36. The number of amides is 1. The van der Waals surface area contributed by atoms with Gasteiger partial charge in [-0.2, -0.15) is 5.10 Å². The number of rotatable bonds is 2. The van der Waals surface area contributed by atoms with Gasteiger partial charge < -0.3 is 0 Å². The van der Waals surface area contributed by atoms with E-state index in [0.717, 1.165) is 22.0 Å². The molecule has 0 saturated carbocycles. The normalized spacial score (nSPS) is 14.6. The lowest BCUT2D eigenvalue weighted by atomic mass is 10.0. The van der Waals surface area contributed by atoms with Crippen LogP contribution < -0.4 is 4.90 Å². The maximum absolute atomic E-state index is 13.0. The first kappa shape index (κ1) is 17.1. The molecule has 0 atom stereocenters. The number of allylic oxidation sites excluding steroid dienone is 1. The summed E-state index contributed by atoms with van der Waals surface area (Å²) in [5.41, 5.74) is 4.70. The Kier molecular flexibility index (Phi) is 3.84. The maximum Gasteiger partial charge on any atom is 0.228 e. The van der Waals surface area contributed by atoms with Gasteiger partial charge in [0.05, 0.1) is 28.8 Å². The summed E-state index contributed by atoms with van der Waals surface area (Å²) in [6.45, 7) is 1.45. The average Bonchev–Trinajstić information content (AvgIpc) is 3.35. The maximum atomic E-state index is 13.0. The second-order valence-electron chi connectivity index (χ2n) is 6.83. The zero-order valence-corrected chi connectivity index (χ0v) is 15.6. The summed E-state index contributed by atoms with van der Waals surface area (Å²) in [6.07, 6.45) is 5.24. The molecule has 1 aliphatic rings. The van der Waals surface area contributed by atoms with Crippen molar-refractivity contribution in [3.63, 3.8) is 0 Å². The van der Waals surface area contributed by atoms with Crippen molar-refractivity contribution in [2.75, 3.05) is 4.90 Å². The van der Waals surface area contributed by atoms with Crippen LogP contribution in [0.5, 0.6) is 0 Å². The molecule has 0 aliphatic carbocycles. The van der Waals surface area contributed by atoms with E-state index < -0.39 is 0 Å². The Labute approximate surface area is 166 Å². The number of nitrogens with zero attached hydrogens (tertiary/aromatic N) is 3. The van der Waals surface area contributed by atoms with E-state index in [1.54, 1.807) is 30.5 Å². The third-order valence-corrected chi connectivity index (χ3v) is 5.01. The van der Waals surface area contributed by atoms with Crippen molar-refractivity contribution in [2.24, 2.45) is 0 Å². The van der Waals surface area contributed by atoms with Crippen LogP contribution in [0.3, 0.4) is 0 Å². The number of carbonyl (C=O) groups excluding carboxylic acids is 2. The third kappa shape index (κ3) is 2.73. The van der Waals surface area contributed by atoms with E-state index >= 15 is 0 Å². The zero-order chi connectivity index (χ0) is 20.0. The summed E-state index contributed by atoms with van der Waals surface area (Å²) in [4.78, 5) is 31.5. The molecule has 2 aromatic heterocycles. The van der Waals surface area contributed by atoms with Gasteiger partial charge in [-0.3, -0.25) is 19.6 Å². The predicted octanol–water partition coefficient (Wildman–Crippen LogP) is 4.22. The van der Waals surface area contributed by atoms with Crippen molar-refractivity contribution in [1.29, 1.82) is 0 Å². The van der Waals surface area contributed by atoms with Crippen molar-refractivity contribution in [1.82, 2.24) is 15.2 Å². The summed E-state index contributed by atoms with van der Waals surface area (Å²) in [6, 6.07) is 16.8. The SMILES string of the molecule is CC(=O)N1/C(=C\c2cc(-c3cn[nH]c3)c3ccccc3n2)C(=O)c2ccccc21. The summed E-state index contributed by atoms with van der Waals surface area (Å²) in [7, 11) is 0. The topological polar surface area (TPSA) is 79.0 Å². The minimum Gasteiger partial charge on any atom is -0.287 e. The number of H-pyrrole nitrogens is 1. The molecule has 5 rings (SSSR count). The fraction of sp³-hybridized carbons (Fsp3) is 0.0435. The smallest absolute Gasteiger partial charge is 0.228 e. The highest BCUT2D eigenvalue weighted by atomic mass is 16.2. The minimum absolute atomic E-state index is 0.185. The number of anilines is 1. The van der Waals surface area contributed by atoms with Crippen molar-refractivity contribution >= 4 is 34.4 Å². The number of aromatic amines is 1. The molecule has 6 heteroatoms. The van der Waals surface area contributed by atoms with Crippen LogP contribution in [-0.2, 0) is 4.79 Å². The van der Waals surface area contributed by atoms with Crippen molar-refractivity contribution < 1.29 is 9.59 Å². The van der Waals surface area contributed by atoms with E-state index in [0.29, 0.717) is 22.6 Å². The van der Waals surface area contributed by atoms with Crippen molar-refractivity contribution in [2.45, 2.75) is 6.92 Å². The Hall–Kier alpha value is -4.06. The lowest BCUT2D eigenvalue weighted by Crippen LogP contribution is -2.25. The summed E-state index contributed by atoms with van der Waals surface area (Å²) < 4.78 is 0. The highest BCUT2D eigenvalue weighted by Gasteiger charge is 2.34. The van der Waals surface area contributed by atoms with Crippen molar-refractivity contribution in [3.05, 3.63) is 83.9 Å². The second kappa shape index (κ2) is 6.53. The molecular formula is C23H16N4O2. The second-order valence-corrected chi connectivity index (χ2v) is 6.83. The molecule has 6 nitrogen and oxygen atoms in total. The number of Topliss-reactive ketones (excluding diaryl/α,β-unsaturated/α-hetero) is 1. The number of carbonyl (C=O) groups is 2. The molecule has 29 heavy (non-hydrogen) atoms. The number of hydrogen-bond donors (Lipinski definition) is 1. The van der Waals surface area contributed by atoms with Gasteiger partial charge in [0.25, 0.3) is 0 Å². The molecule has 0 fully saturated rings. The lowest BCUT2D eigenvalue weighted by Gasteiger charge is -2.16. The highest BCUT2D eigenvalue weighted by molar-refractivity contribution is 6.26. The molecule has 1 amide bonds. The van der Waals surface area contributed by atoms with Crippen LogP contribution in [0.25, 0.3) is 28.1 Å². The van der Waals surface area contributed by atoms with E-state index in [1.807, 2.05) is 42.6 Å². The first-order valence-electron chi connectivity index (χ1n) is 9.18. The molecule has 0 spiro atoms. The molecule has 0 unspecified atom stereocenters. The number of nitrogens with one attached hydrogen (secondary N) is 1. The molecule has 3 heterocycles. The van der Waals surface area contributed by atoms with Gasteiger partial charge in [-0.25, -0.2) is 4.98 Å². The number of pyridine rings is 1. The number of para-hydroxylation sites is 2. The van der Waals surface area contributed by atoms with Crippen molar-refractivity contribution in [3.8, 4) is 11.1 Å². The molecule has 4 aromatic rings. The monoisotopic (exact) mass is 380 g/mol. The molecule has 1 aliphatic heterocycles. The number of aromatic nitrogens is 3. The Balaban J connectivity index is 1.72. The molecule has 0 saturated heterocycles. The Morgan fingerprint density at radius 3 is 2.66 bits per heavy atom. The average molecular weight is 380 g/mol. The standard InChI is InChI=1S/C23H16N4O2/c1-14(28)27-21-9-5-3-7-18(21)23(29)22(27)11-16-10-19(15-12-24-25-13-15)17-6-2-4-8-20(17)26-16/h2-13H,1H3,(H,24,25)/b22-11-. The summed E-state index contributed by atoms with van der Waals surface area (Å²) >= 11 is 0. The van der Waals surface area contributed by atoms with Gasteiger partial charge in [0.2, 0.25) is 11.7 Å². The van der Waals surface area contributed by atoms with Crippen LogP contribution in [0.2, 0.25) is 0 Å².